The van der Waals surface area contributed by atoms with E-state index in [1.165, 1.54) is 0 Å². The maximum atomic E-state index is 11.5. The summed E-state index contributed by atoms with van der Waals surface area (Å²) >= 11 is 0. The minimum Gasteiger partial charge on any atom is -0.377 e. The fraction of sp³-hybridized carbons (Fsp3) is 0.615. The number of sulfone groups is 1. The van der Waals surface area contributed by atoms with Gasteiger partial charge < -0.3 is 10.1 Å². The van der Waals surface area contributed by atoms with E-state index in [0.717, 1.165) is 11.0 Å². The number of aryl methyl sites for hydroxylation is 1. The highest BCUT2D eigenvalue weighted by atomic mass is 32.2. The monoisotopic (exact) mass is 325 g/mol. The quantitative estimate of drug-likeness (QED) is 0.847. The van der Waals surface area contributed by atoms with Crippen LogP contribution in [-0.2, 0) is 28.2 Å². The Bertz CT molecular complexity index is 786. The molecule has 1 atom stereocenters. The molecule has 0 bridgehead atoms. The molecule has 1 aliphatic rings. The van der Waals surface area contributed by atoms with E-state index in [1.54, 1.807) is 18.0 Å². The summed E-state index contributed by atoms with van der Waals surface area (Å²) in [4.78, 5) is 8.87. The van der Waals surface area contributed by atoms with Crippen LogP contribution in [0.3, 0.4) is 0 Å². The van der Waals surface area contributed by atoms with Crippen molar-refractivity contribution in [3.05, 3.63) is 12.0 Å². The lowest BCUT2D eigenvalue weighted by molar-refractivity contribution is 0.178. The molecular formula is C13H19N5O3S. The van der Waals surface area contributed by atoms with Crippen molar-refractivity contribution in [1.82, 2.24) is 19.7 Å². The van der Waals surface area contributed by atoms with E-state index in [-0.39, 0.29) is 17.4 Å². The lowest BCUT2D eigenvalue weighted by atomic mass is 10.1. The topological polar surface area (TPSA) is 99.0 Å². The van der Waals surface area contributed by atoms with Crippen molar-refractivity contribution in [2.75, 3.05) is 30.5 Å². The van der Waals surface area contributed by atoms with Gasteiger partial charge in [0.2, 0.25) is 0 Å². The van der Waals surface area contributed by atoms with Gasteiger partial charge in [-0.15, -0.1) is 0 Å². The molecule has 1 N–H and O–H groups in total. The van der Waals surface area contributed by atoms with E-state index in [9.17, 15) is 8.42 Å². The minimum atomic E-state index is -2.86. The molecule has 120 valence electrons. The Morgan fingerprint density at radius 1 is 1.45 bits per heavy atom. The number of anilines is 1. The highest BCUT2D eigenvalue weighted by molar-refractivity contribution is 7.91. The van der Waals surface area contributed by atoms with Gasteiger partial charge in [-0.05, 0) is 12.3 Å². The van der Waals surface area contributed by atoms with E-state index in [2.05, 4.69) is 20.4 Å². The second kappa shape index (κ2) is 5.81. The summed E-state index contributed by atoms with van der Waals surface area (Å²) in [5, 5.41) is 8.28. The lowest BCUT2D eigenvalue weighted by Crippen LogP contribution is -2.17. The molecule has 1 fully saturated rings. The number of hydrogen-bond donors (Lipinski definition) is 1. The van der Waals surface area contributed by atoms with E-state index in [0.29, 0.717) is 31.2 Å². The van der Waals surface area contributed by atoms with Crippen molar-refractivity contribution in [1.29, 1.82) is 0 Å². The summed E-state index contributed by atoms with van der Waals surface area (Å²) in [6, 6.07) is 0. The Morgan fingerprint density at radius 2 is 2.27 bits per heavy atom. The van der Waals surface area contributed by atoms with Gasteiger partial charge in [0.15, 0.2) is 21.3 Å². The molecule has 0 unspecified atom stereocenters. The predicted octanol–water partition coefficient (Wildman–Crippen LogP) is 0.356. The fourth-order valence-electron chi connectivity index (χ4n) is 2.67. The maximum Gasteiger partial charge on any atom is 0.163 e. The van der Waals surface area contributed by atoms with Gasteiger partial charge in [-0.2, -0.15) is 5.10 Å². The predicted molar refractivity (Wildman–Crippen MR) is 82.3 cm³/mol. The largest absolute Gasteiger partial charge is 0.377 e. The van der Waals surface area contributed by atoms with Crippen LogP contribution in [0, 0.1) is 5.92 Å². The Hall–Kier alpha value is -1.74. The average Bonchev–Trinajstić information content (AvgIpc) is 3.00. The maximum absolute atomic E-state index is 11.5. The molecule has 2 aromatic rings. The Labute approximate surface area is 128 Å². The Balaban J connectivity index is 1.83. The first-order valence-corrected chi connectivity index (χ1v) is 8.92. The summed E-state index contributed by atoms with van der Waals surface area (Å²) in [5.74, 6) is 1.89. The zero-order chi connectivity index (χ0) is 15.7. The number of fused-ring (bicyclic) bond motifs is 1. The van der Waals surface area contributed by atoms with Crippen LogP contribution in [0.2, 0.25) is 0 Å². The summed E-state index contributed by atoms with van der Waals surface area (Å²) in [6.45, 7) is 0.889. The third-order valence-corrected chi connectivity index (χ3v) is 5.63. The summed E-state index contributed by atoms with van der Waals surface area (Å²) in [7, 11) is 0.545. The Kier molecular flexibility index (Phi) is 4.00. The molecular weight excluding hydrogens is 306 g/mol. The van der Waals surface area contributed by atoms with Gasteiger partial charge in [-0.25, -0.2) is 18.4 Å². The SMILES string of the molecule is COCc1nc(NC[C@@H]2CCS(=O)(=O)C2)c2cnn(C)c2n1. The normalized spacial score (nSPS) is 20.5. The van der Waals surface area contributed by atoms with E-state index >= 15 is 0 Å². The number of nitrogens with zero attached hydrogens (tertiary/aromatic N) is 4. The van der Waals surface area contributed by atoms with Crippen LogP contribution in [0.15, 0.2) is 6.20 Å². The number of rotatable bonds is 5. The van der Waals surface area contributed by atoms with Gasteiger partial charge in [-0.3, -0.25) is 4.68 Å². The molecule has 0 saturated carbocycles. The minimum absolute atomic E-state index is 0.123. The zero-order valence-electron chi connectivity index (χ0n) is 12.6. The third-order valence-electron chi connectivity index (χ3n) is 3.80. The van der Waals surface area contributed by atoms with Crippen molar-refractivity contribution in [2.45, 2.75) is 13.0 Å². The molecule has 22 heavy (non-hydrogen) atoms. The highest BCUT2D eigenvalue weighted by Gasteiger charge is 2.27. The number of ether oxygens (including phenoxy) is 1. The molecule has 3 heterocycles. The second-order valence-corrected chi connectivity index (χ2v) is 7.81. The number of methoxy groups -OCH3 is 1. The van der Waals surface area contributed by atoms with Crippen LogP contribution in [0.5, 0.6) is 0 Å². The second-order valence-electron chi connectivity index (χ2n) is 5.58. The first-order chi connectivity index (χ1) is 10.5. The smallest absolute Gasteiger partial charge is 0.163 e. The summed E-state index contributed by atoms with van der Waals surface area (Å²) < 4.78 is 29.8. The molecule has 0 amide bonds. The molecule has 0 aliphatic carbocycles. The van der Waals surface area contributed by atoms with Gasteiger partial charge in [-0.1, -0.05) is 0 Å². The number of aromatic nitrogens is 4. The first-order valence-electron chi connectivity index (χ1n) is 7.10. The van der Waals surface area contributed by atoms with Gasteiger partial charge in [0.05, 0.1) is 23.1 Å². The third kappa shape index (κ3) is 3.05. The zero-order valence-corrected chi connectivity index (χ0v) is 13.4. The van der Waals surface area contributed by atoms with Crippen molar-refractivity contribution < 1.29 is 13.2 Å². The number of nitrogens with one attached hydrogen (secondary N) is 1. The van der Waals surface area contributed by atoms with Crippen molar-refractivity contribution in [2.24, 2.45) is 13.0 Å². The molecule has 0 spiro atoms. The molecule has 9 heteroatoms. The number of hydrogen-bond acceptors (Lipinski definition) is 7. The van der Waals surface area contributed by atoms with Crippen LogP contribution in [0.25, 0.3) is 11.0 Å². The van der Waals surface area contributed by atoms with E-state index in [4.69, 9.17) is 4.74 Å². The van der Waals surface area contributed by atoms with Gasteiger partial charge >= 0.3 is 0 Å². The molecule has 8 nitrogen and oxygen atoms in total. The van der Waals surface area contributed by atoms with Crippen LogP contribution in [0.4, 0.5) is 5.82 Å². The first kappa shape index (κ1) is 15.2. The fourth-order valence-corrected chi connectivity index (χ4v) is 4.53. The lowest BCUT2D eigenvalue weighted by Gasteiger charge is -2.12. The molecule has 1 saturated heterocycles. The van der Waals surface area contributed by atoms with Crippen LogP contribution < -0.4 is 5.32 Å². The van der Waals surface area contributed by atoms with Gasteiger partial charge in [0.1, 0.15) is 12.4 Å². The van der Waals surface area contributed by atoms with Crippen molar-refractivity contribution in [3.8, 4) is 0 Å². The van der Waals surface area contributed by atoms with Crippen molar-refractivity contribution in [3.63, 3.8) is 0 Å². The molecule has 0 radical (unpaired) electrons. The van der Waals surface area contributed by atoms with Crippen molar-refractivity contribution >= 4 is 26.7 Å². The molecule has 1 aliphatic heterocycles. The molecule has 3 rings (SSSR count). The average molecular weight is 325 g/mol. The van der Waals surface area contributed by atoms with Crippen LogP contribution in [-0.4, -0.2) is 53.3 Å². The summed E-state index contributed by atoms with van der Waals surface area (Å²) in [6.07, 6.45) is 2.40. The highest BCUT2D eigenvalue weighted by Crippen LogP contribution is 2.23. The Morgan fingerprint density at radius 3 is 2.95 bits per heavy atom. The van der Waals surface area contributed by atoms with E-state index in [1.807, 2.05) is 7.05 Å². The summed E-state index contributed by atoms with van der Waals surface area (Å²) in [5.41, 5.74) is 0.726. The van der Waals surface area contributed by atoms with Gasteiger partial charge in [0, 0.05) is 20.7 Å². The molecule has 0 aromatic carbocycles. The van der Waals surface area contributed by atoms with Gasteiger partial charge in [0.25, 0.3) is 0 Å². The van der Waals surface area contributed by atoms with Crippen LogP contribution in [0.1, 0.15) is 12.2 Å². The van der Waals surface area contributed by atoms with E-state index < -0.39 is 9.84 Å². The standard InChI is InChI=1S/C13H19N5O3S/c1-18-13-10(6-15-18)12(16-11(17-13)7-21-2)14-5-9-3-4-22(19,20)8-9/h6,9H,3-5,7-8H2,1-2H3,(H,14,16,17)/t9-/m0/s1. The van der Waals surface area contributed by atoms with Crippen LogP contribution >= 0.6 is 0 Å². The molecule has 2 aromatic heterocycles.